The molecule has 0 atom stereocenters. The van der Waals surface area contributed by atoms with Gasteiger partial charge in [0.05, 0.1) is 17.7 Å². The molecule has 0 spiro atoms. The lowest BCUT2D eigenvalue weighted by Gasteiger charge is -2.03. The maximum absolute atomic E-state index is 11.9. The van der Waals surface area contributed by atoms with E-state index in [2.05, 4.69) is 26.1 Å². The summed E-state index contributed by atoms with van der Waals surface area (Å²) in [6.07, 6.45) is 1.61. The summed E-state index contributed by atoms with van der Waals surface area (Å²) >= 11 is 1.25. The number of thioether (sulfide) groups is 1. The second kappa shape index (κ2) is 8.20. The largest absolute Gasteiger partial charge is 0.272 e. The van der Waals surface area contributed by atoms with Gasteiger partial charge in [0.1, 0.15) is 0 Å². The lowest BCUT2D eigenvalue weighted by atomic mass is 10.2. The molecule has 0 bridgehead atoms. The van der Waals surface area contributed by atoms with E-state index in [4.69, 9.17) is 0 Å². The Morgan fingerprint density at radius 1 is 1.20 bits per heavy atom. The lowest BCUT2D eigenvalue weighted by Crippen LogP contribution is -2.20. The van der Waals surface area contributed by atoms with Crippen molar-refractivity contribution in [2.24, 2.45) is 5.10 Å². The molecular formula is C17H16N6OS. The first kappa shape index (κ1) is 16.8. The highest BCUT2D eigenvalue weighted by molar-refractivity contribution is 7.99. The van der Waals surface area contributed by atoms with Crippen molar-refractivity contribution in [2.75, 3.05) is 5.75 Å². The van der Waals surface area contributed by atoms with Crippen molar-refractivity contribution in [3.8, 4) is 5.69 Å². The van der Waals surface area contributed by atoms with Gasteiger partial charge in [0.2, 0.25) is 5.16 Å². The minimum Gasteiger partial charge on any atom is -0.272 e. The second-order valence-corrected chi connectivity index (χ2v) is 6.14. The van der Waals surface area contributed by atoms with Crippen LogP contribution in [-0.2, 0) is 4.79 Å². The van der Waals surface area contributed by atoms with E-state index in [9.17, 15) is 4.79 Å². The average Bonchev–Trinajstić information content (AvgIpc) is 3.11. The lowest BCUT2D eigenvalue weighted by molar-refractivity contribution is -0.118. The molecular weight excluding hydrogens is 336 g/mol. The molecule has 1 amide bonds. The standard InChI is InChI=1S/C17H16N6OS/c1-13-7-9-14(10-8-13)11-18-19-16(24)12-25-17-20-21-22-23(17)15-5-3-2-4-6-15/h2-11H,12H2,1H3,(H,19,24)/b18-11-. The summed E-state index contributed by atoms with van der Waals surface area (Å²) in [5, 5.41) is 16.1. The van der Waals surface area contributed by atoms with E-state index in [1.165, 1.54) is 17.3 Å². The van der Waals surface area contributed by atoms with Crippen molar-refractivity contribution >= 4 is 23.9 Å². The molecule has 7 nitrogen and oxygen atoms in total. The fourth-order valence-corrected chi connectivity index (χ4v) is 2.68. The molecule has 0 fully saturated rings. The summed E-state index contributed by atoms with van der Waals surface area (Å²) in [5.41, 5.74) is 5.44. The first-order valence-electron chi connectivity index (χ1n) is 7.57. The first-order chi connectivity index (χ1) is 12.2. The van der Waals surface area contributed by atoms with E-state index in [-0.39, 0.29) is 11.7 Å². The van der Waals surface area contributed by atoms with Crippen LogP contribution in [0, 0.1) is 6.92 Å². The molecule has 3 rings (SSSR count). The normalized spacial score (nSPS) is 10.9. The number of tetrazole rings is 1. The van der Waals surface area contributed by atoms with Gasteiger partial charge in [0.15, 0.2) is 0 Å². The van der Waals surface area contributed by atoms with Crippen LogP contribution in [0.2, 0.25) is 0 Å². The zero-order valence-corrected chi connectivity index (χ0v) is 14.3. The Bertz CT molecular complexity index is 860. The molecule has 1 heterocycles. The fourth-order valence-electron chi connectivity index (χ4n) is 1.99. The number of benzene rings is 2. The van der Waals surface area contributed by atoms with Crippen LogP contribution in [0.4, 0.5) is 0 Å². The molecule has 1 N–H and O–H groups in total. The molecule has 3 aromatic rings. The van der Waals surface area contributed by atoms with E-state index in [0.717, 1.165) is 11.3 Å². The average molecular weight is 352 g/mol. The van der Waals surface area contributed by atoms with Gasteiger partial charge >= 0.3 is 0 Å². The third kappa shape index (κ3) is 4.74. The highest BCUT2D eigenvalue weighted by atomic mass is 32.2. The number of aryl methyl sites for hydroxylation is 1. The smallest absolute Gasteiger partial charge is 0.250 e. The van der Waals surface area contributed by atoms with Crippen molar-refractivity contribution < 1.29 is 4.79 Å². The van der Waals surface area contributed by atoms with Crippen LogP contribution < -0.4 is 5.43 Å². The van der Waals surface area contributed by atoms with E-state index in [0.29, 0.717) is 5.16 Å². The Morgan fingerprint density at radius 3 is 2.72 bits per heavy atom. The van der Waals surface area contributed by atoms with Crippen LogP contribution in [0.3, 0.4) is 0 Å². The van der Waals surface area contributed by atoms with E-state index < -0.39 is 0 Å². The Hall–Kier alpha value is -3.00. The van der Waals surface area contributed by atoms with E-state index in [1.54, 1.807) is 10.9 Å². The molecule has 0 saturated carbocycles. The van der Waals surface area contributed by atoms with Gasteiger partial charge in [-0.15, -0.1) is 5.10 Å². The number of hydrogen-bond donors (Lipinski definition) is 1. The summed E-state index contributed by atoms with van der Waals surface area (Å²) in [6, 6.07) is 17.4. The molecule has 25 heavy (non-hydrogen) atoms. The summed E-state index contributed by atoms with van der Waals surface area (Å²) in [5.74, 6) is -0.0608. The minimum absolute atomic E-state index is 0.165. The monoisotopic (exact) mass is 352 g/mol. The molecule has 0 aliphatic rings. The van der Waals surface area contributed by atoms with Gasteiger partial charge in [-0.1, -0.05) is 59.8 Å². The third-order valence-corrected chi connectivity index (χ3v) is 4.17. The second-order valence-electron chi connectivity index (χ2n) is 5.20. The number of hydrogen-bond acceptors (Lipinski definition) is 6. The van der Waals surface area contributed by atoms with Crippen LogP contribution in [0.15, 0.2) is 64.9 Å². The maximum atomic E-state index is 11.9. The molecule has 126 valence electrons. The SMILES string of the molecule is Cc1ccc(/C=N\NC(=O)CSc2nnnn2-c2ccccc2)cc1. The molecule has 0 aliphatic heterocycles. The van der Waals surface area contributed by atoms with Gasteiger partial charge < -0.3 is 0 Å². The molecule has 0 unspecified atom stereocenters. The first-order valence-corrected chi connectivity index (χ1v) is 8.56. The van der Waals surface area contributed by atoms with Crippen molar-refractivity contribution in [3.05, 3.63) is 65.7 Å². The summed E-state index contributed by atoms with van der Waals surface area (Å²) in [7, 11) is 0. The highest BCUT2D eigenvalue weighted by Gasteiger charge is 2.10. The van der Waals surface area contributed by atoms with Gasteiger partial charge in [-0.3, -0.25) is 4.79 Å². The van der Waals surface area contributed by atoms with E-state index >= 15 is 0 Å². The summed E-state index contributed by atoms with van der Waals surface area (Å²) in [4.78, 5) is 11.9. The Labute approximate surface area is 149 Å². The molecule has 1 aromatic heterocycles. The molecule has 8 heteroatoms. The van der Waals surface area contributed by atoms with Gasteiger partial charge in [-0.25, -0.2) is 5.43 Å². The molecule has 0 aliphatic carbocycles. The number of rotatable bonds is 6. The Kier molecular flexibility index (Phi) is 5.53. The topological polar surface area (TPSA) is 85.1 Å². The van der Waals surface area contributed by atoms with Crippen molar-refractivity contribution in [1.82, 2.24) is 25.6 Å². The minimum atomic E-state index is -0.226. The highest BCUT2D eigenvalue weighted by Crippen LogP contribution is 2.17. The third-order valence-electron chi connectivity index (χ3n) is 3.25. The summed E-state index contributed by atoms with van der Waals surface area (Å²) in [6.45, 7) is 2.02. The van der Waals surface area contributed by atoms with Crippen LogP contribution >= 0.6 is 11.8 Å². The number of hydrazone groups is 1. The van der Waals surface area contributed by atoms with Crippen molar-refractivity contribution in [3.63, 3.8) is 0 Å². The van der Waals surface area contributed by atoms with Crippen molar-refractivity contribution in [1.29, 1.82) is 0 Å². The number of amides is 1. The number of carbonyl (C=O) groups is 1. The molecule has 0 saturated heterocycles. The number of para-hydroxylation sites is 1. The number of aromatic nitrogens is 4. The van der Waals surface area contributed by atoms with Gasteiger partial charge in [-0.05, 0) is 35.0 Å². The van der Waals surface area contributed by atoms with Crippen LogP contribution in [0.1, 0.15) is 11.1 Å². The summed E-state index contributed by atoms with van der Waals surface area (Å²) < 4.78 is 1.59. The van der Waals surface area contributed by atoms with Crippen LogP contribution in [-0.4, -0.2) is 38.1 Å². The number of nitrogens with zero attached hydrogens (tertiary/aromatic N) is 5. The van der Waals surface area contributed by atoms with Gasteiger partial charge in [0, 0.05) is 0 Å². The zero-order chi connectivity index (χ0) is 17.5. The van der Waals surface area contributed by atoms with E-state index in [1.807, 2.05) is 61.5 Å². The van der Waals surface area contributed by atoms with Crippen LogP contribution in [0.25, 0.3) is 5.69 Å². The Morgan fingerprint density at radius 2 is 1.96 bits per heavy atom. The fraction of sp³-hybridized carbons (Fsp3) is 0.118. The zero-order valence-electron chi connectivity index (χ0n) is 13.5. The molecule has 0 radical (unpaired) electrons. The maximum Gasteiger partial charge on any atom is 0.250 e. The Balaban J connectivity index is 1.53. The predicted molar refractivity (Wildman–Crippen MR) is 96.8 cm³/mol. The van der Waals surface area contributed by atoms with Gasteiger partial charge in [-0.2, -0.15) is 9.78 Å². The quantitative estimate of drug-likeness (QED) is 0.418. The molecule has 2 aromatic carbocycles. The predicted octanol–water partition coefficient (Wildman–Crippen LogP) is 2.21. The number of nitrogens with one attached hydrogen (secondary N) is 1. The van der Waals surface area contributed by atoms with Gasteiger partial charge in [0.25, 0.3) is 5.91 Å². The number of carbonyl (C=O) groups excluding carboxylic acids is 1. The van der Waals surface area contributed by atoms with Crippen LogP contribution in [0.5, 0.6) is 0 Å². The van der Waals surface area contributed by atoms with Crippen molar-refractivity contribution in [2.45, 2.75) is 12.1 Å².